The predicted octanol–water partition coefficient (Wildman–Crippen LogP) is 3.39. The summed E-state index contributed by atoms with van der Waals surface area (Å²) in [6.45, 7) is 0. The molecule has 5 heteroatoms. The van der Waals surface area contributed by atoms with E-state index < -0.39 is 5.97 Å². The molecule has 4 nitrogen and oxygen atoms in total. The molecule has 0 aromatic heterocycles. The lowest BCUT2D eigenvalue weighted by molar-refractivity contribution is -0.137. The molecule has 1 fully saturated rings. The highest BCUT2D eigenvalue weighted by Gasteiger charge is 2.36. The van der Waals surface area contributed by atoms with Crippen LogP contribution in [0.3, 0.4) is 0 Å². The van der Waals surface area contributed by atoms with E-state index in [2.05, 4.69) is 0 Å². The summed E-state index contributed by atoms with van der Waals surface area (Å²) in [5.41, 5.74) is 0.959. The number of carbonyl (C=O) groups is 1. The summed E-state index contributed by atoms with van der Waals surface area (Å²) in [6, 6.07) is 3.85. The highest BCUT2D eigenvalue weighted by Crippen LogP contribution is 2.49. The Morgan fingerprint density at radius 3 is 2.55 bits per heavy atom. The van der Waals surface area contributed by atoms with Gasteiger partial charge in [-0.25, -0.2) is 0 Å². The molecule has 1 aromatic carbocycles. The Morgan fingerprint density at radius 2 is 2.10 bits per heavy atom. The number of benzene rings is 1. The highest BCUT2D eigenvalue weighted by atomic mass is 32.2. The van der Waals surface area contributed by atoms with Crippen LogP contribution in [0.25, 0.3) is 0 Å². The van der Waals surface area contributed by atoms with Crippen LogP contribution in [-0.4, -0.2) is 31.6 Å². The van der Waals surface area contributed by atoms with Gasteiger partial charge in [0, 0.05) is 11.5 Å². The van der Waals surface area contributed by atoms with Gasteiger partial charge in [-0.2, -0.15) is 0 Å². The molecule has 0 bridgehead atoms. The molecule has 1 unspecified atom stereocenters. The van der Waals surface area contributed by atoms with Crippen molar-refractivity contribution in [3.05, 3.63) is 17.7 Å². The van der Waals surface area contributed by atoms with Crippen molar-refractivity contribution in [3.8, 4) is 11.5 Å². The number of carboxylic acids is 1. The monoisotopic (exact) mass is 296 g/mol. The molecule has 1 aliphatic rings. The third kappa shape index (κ3) is 3.20. The maximum absolute atomic E-state index is 11.1. The molecule has 1 aromatic rings. The van der Waals surface area contributed by atoms with E-state index in [-0.39, 0.29) is 12.3 Å². The molecule has 2 rings (SSSR count). The second-order valence-electron chi connectivity index (χ2n) is 4.99. The Labute approximate surface area is 123 Å². The van der Waals surface area contributed by atoms with Gasteiger partial charge in [0.15, 0.2) is 0 Å². The summed E-state index contributed by atoms with van der Waals surface area (Å²) in [6.07, 6.45) is 4.30. The van der Waals surface area contributed by atoms with Gasteiger partial charge in [-0.1, -0.05) is 0 Å². The molecule has 0 amide bonds. The average molecular weight is 296 g/mol. The molecule has 1 atom stereocenters. The van der Waals surface area contributed by atoms with Crippen LogP contribution < -0.4 is 9.47 Å². The molecule has 110 valence electrons. The standard InChI is InChI=1S/C15H20O4S/c1-18-10-6-12(15(19-2)13(7-10)20-3)11(8-14(16)17)9-4-5-9/h6-7,9,11H,4-5,8H2,1-3H3,(H,16,17). The summed E-state index contributed by atoms with van der Waals surface area (Å²) in [4.78, 5) is 12.1. The first-order valence-corrected chi connectivity index (χ1v) is 7.84. The average Bonchev–Trinajstić information content (AvgIpc) is 3.27. The number of rotatable bonds is 7. The molecule has 0 radical (unpaired) electrons. The molecule has 1 aliphatic carbocycles. The number of hydrogen-bond acceptors (Lipinski definition) is 4. The summed E-state index contributed by atoms with van der Waals surface area (Å²) < 4.78 is 10.9. The van der Waals surface area contributed by atoms with E-state index in [1.54, 1.807) is 26.0 Å². The van der Waals surface area contributed by atoms with E-state index in [9.17, 15) is 4.79 Å². The minimum absolute atomic E-state index is 0.00319. The topological polar surface area (TPSA) is 55.8 Å². The third-order valence-corrected chi connectivity index (χ3v) is 4.44. The minimum Gasteiger partial charge on any atom is -0.497 e. The molecular formula is C15H20O4S. The van der Waals surface area contributed by atoms with Crippen molar-refractivity contribution in [2.24, 2.45) is 5.92 Å². The number of hydrogen-bond donors (Lipinski definition) is 1. The van der Waals surface area contributed by atoms with Gasteiger partial charge in [-0.05, 0) is 37.1 Å². The fraction of sp³-hybridized carbons (Fsp3) is 0.533. The summed E-state index contributed by atoms with van der Waals surface area (Å²) in [7, 11) is 3.26. The Kier molecular flexibility index (Phi) is 4.81. The van der Waals surface area contributed by atoms with Crippen molar-refractivity contribution in [3.63, 3.8) is 0 Å². The number of methoxy groups -OCH3 is 2. The van der Waals surface area contributed by atoms with Gasteiger partial charge < -0.3 is 14.6 Å². The van der Waals surface area contributed by atoms with Gasteiger partial charge in [-0.3, -0.25) is 4.79 Å². The number of aliphatic carboxylic acids is 1. The fourth-order valence-electron chi connectivity index (χ4n) is 2.58. The van der Waals surface area contributed by atoms with Crippen LogP contribution in [-0.2, 0) is 4.79 Å². The van der Waals surface area contributed by atoms with E-state index in [1.165, 1.54) is 0 Å². The lowest BCUT2D eigenvalue weighted by atomic mass is 9.90. The largest absolute Gasteiger partial charge is 0.497 e. The molecule has 1 N–H and O–H groups in total. The second kappa shape index (κ2) is 6.39. The first-order chi connectivity index (χ1) is 9.60. The van der Waals surface area contributed by atoms with Crippen molar-refractivity contribution in [1.82, 2.24) is 0 Å². The molecule has 1 saturated carbocycles. The zero-order valence-corrected chi connectivity index (χ0v) is 12.8. The second-order valence-corrected chi connectivity index (χ2v) is 5.84. The van der Waals surface area contributed by atoms with Gasteiger partial charge in [0.1, 0.15) is 11.5 Å². The van der Waals surface area contributed by atoms with Gasteiger partial charge in [0.2, 0.25) is 0 Å². The van der Waals surface area contributed by atoms with Crippen LogP contribution in [0.4, 0.5) is 0 Å². The quantitative estimate of drug-likeness (QED) is 0.782. The van der Waals surface area contributed by atoms with Crippen LogP contribution in [0, 0.1) is 5.92 Å². The van der Waals surface area contributed by atoms with E-state index in [0.717, 1.165) is 34.8 Å². The van der Waals surface area contributed by atoms with E-state index in [0.29, 0.717) is 5.92 Å². The Morgan fingerprint density at radius 1 is 1.40 bits per heavy atom. The van der Waals surface area contributed by atoms with Crippen molar-refractivity contribution in [2.75, 3.05) is 20.5 Å². The predicted molar refractivity (Wildman–Crippen MR) is 79.0 cm³/mol. The Bertz CT molecular complexity index is 497. The number of thioether (sulfide) groups is 1. The number of carboxylic acid groups (broad SMARTS) is 1. The molecule has 0 spiro atoms. The summed E-state index contributed by atoms with van der Waals surface area (Å²) >= 11 is 1.58. The van der Waals surface area contributed by atoms with Crippen LogP contribution in [0.5, 0.6) is 11.5 Å². The first kappa shape index (κ1) is 15.0. The van der Waals surface area contributed by atoms with E-state index in [4.69, 9.17) is 14.6 Å². The van der Waals surface area contributed by atoms with Crippen molar-refractivity contribution < 1.29 is 19.4 Å². The van der Waals surface area contributed by atoms with Crippen molar-refractivity contribution in [2.45, 2.75) is 30.1 Å². The van der Waals surface area contributed by atoms with Crippen LogP contribution in [0.1, 0.15) is 30.7 Å². The van der Waals surface area contributed by atoms with Crippen LogP contribution in [0.2, 0.25) is 0 Å². The maximum atomic E-state index is 11.1. The highest BCUT2D eigenvalue weighted by molar-refractivity contribution is 7.98. The van der Waals surface area contributed by atoms with Crippen LogP contribution in [0.15, 0.2) is 17.0 Å². The summed E-state index contributed by atoms with van der Waals surface area (Å²) in [5.74, 6) is 1.22. The van der Waals surface area contributed by atoms with Crippen LogP contribution >= 0.6 is 11.8 Å². The summed E-state index contributed by atoms with van der Waals surface area (Å²) in [5, 5.41) is 9.16. The van der Waals surface area contributed by atoms with Crippen molar-refractivity contribution >= 4 is 17.7 Å². The molecule has 0 aliphatic heterocycles. The third-order valence-electron chi connectivity index (χ3n) is 3.70. The molecule has 0 saturated heterocycles. The van der Waals surface area contributed by atoms with E-state index >= 15 is 0 Å². The Balaban J connectivity index is 2.47. The van der Waals surface area contributed by atoms with Gasteiger partial charge in [-0.15, -0.1) is 11.8 Å². The minimum atomic E-state index is -0.766. The molecule has 20 heavy (non-hydrogen) atoms. The fourth-order valence-corrected chi connectivity index (χ4v) is 3.20. The molecule has 0 heterocycles. The lowest BCUT2D eigenvalue weighted by Crippen LogP contribution is -2.10. The zero-order valence-electron chi connectivity index (χ0n) is 12.0. The maximum Gasteiger partial charge on any atom is 0.303 e. The smallest absolute Gasteiger partial charge is 0.303 e. The van der Waals surface area contributed by atoms with Gasteiger partial charge in [0.25, 0.3) is 0 Å². The van der Waals surface area contributed by atoms with Crippen molar-refractivity contribution in [1.29, 1.82) is 0 Å². The Hall–Kier alpha value is -1.36. The van der Waals surface area contributed by atoms with E-state index in [1.807, 2.05) is 18.4 Å². The molecular weight excluding hydrogens is 276 g/mol. The lowest BCUT2D eigenvalue weighted by Gasteiger charge is -2.21. The first-order valence-electron chi connectivity index (χ1n) is 6.62. The normalized spacial score (nSPS) is 15.8. The SMILES string of the molecule is COc1cc(SC)c(OC)c(C(CC(=O)O)C2CC2)c1. The van der Waals surface area contributed by atoms with Gasteiger partial charge in [0.05, 0.1) is 25.5 Å². The number of ether oxygens (including phenoxy) is 2. The zero-order chi connectivity index (χ0) is 14.7. The van der Waals surface area contributed by atoms with Gasteiger partial charge >= 0.3 is 5.97 Å².